The molecule has 0 aliphatic heterocycles. The van der Waals surface area contributed by atoms with Gasteiger partial charge in [-0.1, -0.05) is 20.8 Å². The maximum atomic E-state index is 3.52. The van der Waals surface area contributed by atoms with Gasteiger partial charge in [-0.25, -0.2) is 0 Å². The first-order chi connectivity index (χ1) is 7.87. The second kappa shape index (κ2) is 8.90. The van der Waals surface area contributed by atoms with Gasteiger partial charge in [0.1, 0.15) is 0 Å². The molecule has 0 saturated carbocycles. The van der Waals surface area contributed by atoms with Gasteiger partial charge in [0, 0.05) is 13.1 Å². The van der Waals surface area contributed by atoms with Crippen LogP contribution in [0.3, 0.4) is 0 Å². The molecule has 0 bridgehead atoms. The van der Waals surface area contributed by atoms with Crippen molar-refractivity contribution in [1.82, 2.24) is 15.1 Å². The van der Waals surface area contributed by atoms with Crippen LogP contribution in [0.5, 0.6) is 0 Å². The predicted molar refractivity (Wildman–Crippen MR) is 77.6 cm³/mol. The molecule has 0 unspecified atom stereocenters. The minimum absolute atomic E-state index is 0.363. The van der Waals surface area contributed by atoms with Gasteiger partial charge in [0.2, 0.25) is 0 Å². The molecule has 0 spiro atoms. The molecular weight excluding hydrogens is 210 g/mol. The number of nitrogens with zero attached hydrogens (tertiary/aromatic N) is 2. The zero-order chi connectivity index (χ0) is 13.3. The van der Waals surface area contributed by atoms with Crippen molar-refractivity contribution in [3.05, 3.63) is 0 Å². The van der Waals surface area contributed by atoms with Crippen LogP contribution in [-0.4, -0.2) is 63.7 Å². The molecule has 0 aromatic rings. The van der Waals surface area contributed by atoms with Crippen LogP contribution in [0.1, 0.15) is 33.6 Å². The van der Waals surface area contributed by atoms with Crippen LogP contribution in [0.2, 0.25) is 0 Å². The van der Waals surface area contributed by atoms with E-state index in [4.69, 9.17) is 0 Å². The van der Waals surface area contributed by atoms with Crippen molar-refractivity contribution in [1.29, 1.82) is 0 Å². The monoisotopic (exact) mass is 243 g/mol. The summed E-state index contributed by atoms with van der Waals surface area (Å²) in [5.41, 5.74) is 0.363. The van der Waals surface area contributed by atoms with E-state index in [-0.39, 0.29) is 0 Å². The highest BCUT2D eigenvalue weighted by Gasteiger charge is 2.19. The van der Waals surface area contributed by atoms with E-state index in [1.165, 1.54) is 25.9 Å². The van der Waals surface area contributed by atoms with Crippen LogP contribution in [0, 0.1) is 5.41 Å². The Morgan fingerprint density at radius 3 is 2.24 bits per heavy atom. The van der Waals surface area contributed by atoms with Crippen LogP contribution >= 0.6 is 0 Å². The normalized spacial score (nSPS) is 12.7. The van der Waals surface area contributed by atoms with E-state index in [0.29, 0.717) is 5.41 Å². The smallest absolute Gasteiger partial charge is 0.00418 e. The van der Waals surface area contributed by atoms with Crippen LogP contribution in [0.15, 0.2) is 0 Å². The number of hydrogen-bond acceptors (Lipinski definition) is 3. The summed E-state index contributed by atoms with van der Waals surface area (Å²) in [6.07, 6.45) is 2.47. The minimum Gasteiger partial charge on any atom is -0.316 e. The summed E-state index contributed by atoms with van der Waals surface area (Å²) >= 11 is 0. The van der Waals surface area contributed by atoms with Gasteiger partial charge in [0.05, 0.1) is 0 Å². The maximum absolute atomic E-state index is 3.52. The minimum atomic E-state index is 0.363. The summed E-state index contributed by atoms with van der Waals surface area (Å²) in [7, 11) is 6.51. The molecule has 0 fully saturated rings. The number of nitrogens with one attached hydrogen (secondary N) is 1. The molecule has 0 saturated heterocycles. The molecule has 3 heteroatoms. The van der Waals surface area contributed by atoms with Crippen molar-refractivity contribution in [3.8, 4) is 0 Å². The second-order valence-electron chi connectivity index (χ2n) is 6.24. The van der Waals surface area contributed by atoms with Crippen LogP contribution in [-0.2, 0) is 0 Å². The van der Waals surface area contributed by atoms with Crippen molar-refractivity contribution >= 4 is 0 Å². The highest BCUT2D eigenvalue weighted by atomic mass is 15.1. The van der Waals surface area contributed by atoms with Crippen molar-refractivity contribution < 1.29 is 0 Å². The van der Waals surface area contributed by atoms with Crippen molar-refractivity contribution in [3.63, 3.8) is 0 Å². The summed E-state index contributed by atoms with van der Waals surface area (Å²) in [6.45, 7) is 12.7. The zero-order valence-corrected chi connectivity index (χ0v) is 12.8. The largest absolute Gasteiger partial charge is 0.316 e. The third-order valence-electron chi connectivity index (χ3n) is 2.87. The molecule has 0 aliphatic rings. The Morgan fingerprint density at radius 1 is 1.06 bits per heavy atom. The molecule has 0 rings (SSSR count). The average molecular weight is 243 g/mol. The first kappa shape index (κ1) is 16.9. The van der Waals surface area contributed by atoms with Gasteiger partial charge < -0.3 is 15.1 Å². The summed E-state index contributed by atoms with van der Waals surface area (Å²) in [5, 5.41) is 3.52. The van der Waals surface area contributed by atoms with E-state index < -0.39 is 0 Å². The average Bonchev–Trinajstić information content (AvgIpc) is 2.16. The SMILES string of the molecule is CCCNCC(C)(C)CN(C)CCCN(C)C. The molecule has 0 heterocycles. The van der Waals surface area contributed by atoms with E-state index in [1.54, 1.807) is 0 Å². The van der Waals surface area contributed by atoms with Gasteiger partial charge in [0.25, 0.3) is 0 Å². The van der Waals surface area contributed by atoms with Crippen LogP contribution in [0.4, 0.5) is 0 Å². The van der Waals surface area contributed by atoms with Gasteiger partial charge in [0.15, 0.2) is 0 Å². The first-order valence-corrected chi connectivity index (χ1v) is 6.91. The Morgan fingerprint density at radius 2 is 1.71 bits per heavy atom. The molecule has 17 heavy (non-hydrogen) atoms. The van der Waals surface area contributed by atoms with Crippen LogP contribution in [0.25, 0.3) is 0 Å². The summed E-state index contributed by atoms with van der Waals surface area (Å²) in [4.78, 5) is 4.71. The van der Waals surface area contributed by atoms with Gasteiger partial charge in [-0.3, -0.25) is 0 Å². The lowest BCUT2D eigenvalue weighted by atomic mass is 9.92. The Labute approximate surface area is 109 Å². The molecule has 0 aromatic carbocycles. The van der Waals surface area contributed by atoms with Crippen molar-refractivity contribution in [2.45, 2.75) is 33.6 Å². The van der Waals surface area contributed by atoms with Gasteiger partial charge in [-0.15, -0.1) is 0 Å². The standard InChI is InChI=1S/C14H33N3/c1-7-9-15-12-14(2,3)13-17(6)11-8-10-16(4)5/h15H,7-13H2,1-6H3. The fourth-order valence-corrected chi connectivity index (χ4v) is 2.13. The second-order valence-corrected chi connectivity index (χ2v) is 6.24. The highest BCUT2D eigenvalue weighted by molar-refractivity contribution is 4.75. The molecule has 0 aromatic heterocycles. The molecule has 0 radical (unpaired) electrons. The Kier molecular flexibility index (Phi) is 8.83. The third kappa shape index (κ3) is 10.7. The molecule has 0 atom stereocenters. The lowest BCUT2D eigenvalue weighted by Crippen LogP contribution is -2.39. The quantitative estimate of drug-likeness (QED) is 0.591. The van der Waals surface area contributed by atoms with E-state index in [0.717, 1.165) is 19.6 Å². The van der Waals surface area contributed by atoms with Crippen LogP contribution < -0.4 is 5.32 Å². The topological polar surface area (TPSA) is 18.5 Å². The maximum Gasteiger partial charge on any atom is 0.00418 e. The van der Waals surface area contributed by atoms with Crippen molar-refractivity contribution in [2.75, 3.05) is 53.9 Å². The Bertz CT molecular complexity index is 178. The molecule has 1 N–H and O–H groups in total. The van der Waals surface area contributed by atoms with Gasteiger partial charge in [-0.05, 0) is 59.0 Å². The first-order valence-electron chi connectivity index (χ1n) is 6.91. The lowest BCUT2D eigenvalue weighted by Gasteiger charge is -2.31. The summed E-state index contributed by atoms with van der Waals surface area (Å²) in [6, 6.07) is 0. The Hall–Kier alpha value is -0.120. The molecular formula is C14H33N3. The van der Waals surface area contributed by atoms with Gasteiger partial charge >= 0.3 is 0 Å². The number of rotatable bonds is 10. The van der Waals surface area contributed by atoms with Gasteiger partial charge in [-0.2, -0.15) is 0 Å². The molecule has 0 aliphatic carbocycles. The molecule has 3 nitrogen and oxygen atoms in total. The lowest BCUT2D eigenvalue weighted by molar-refractivity contribution is 0.197. The summed E-state index contributed by atoms with van der Waals surface area (Å²) < 4.78 is 0. The van der Waals surface area contributed by atoms with E-state index >= 15 is 0 Å². The fourth-order valence-electron chi connectivity index (χ4n) is 2.13. The fraction of sp³-hybridized carbons (Fsp3) is 1.00. The molecule has 104 valence electrons. The van der Waals surface area contributed by atoms with Crippen molar-refractivity contribution in [2.24, 2.45) is 5.41 Å². The van der Waals surface area contributed by atoms with E-state index in [2.05, 4.69) is 57.0 Å². The highest BCUT2D eigenvalue weighted by Crippen LogP contribution is 2.15. The van der Waals surface area contributed by atoms with E-state index in [1.807, 2.05) is 0 Å². The molecule has 0 amide bonds. The number of hydrogen-bond donors (Lipinski definition) is 1. The van der Waals surface area contributed by atoms with E-state index in [9.17, 15) is 0 Å². The Balaban J connectivity index is 3.71. The summed E-state index contributed by atoms with van der Waals surface area (Å²) in [5.74, 6) is 0. The third-order valence-corrected chi connectivity index (χ3v) is 2.87. The predicted octanol–water partition coefficient (Wildman–Crippen LogP) is 1.90. The zero-order valence-electron chi connectivity index (χ0n) is 12.8.